The molecule has 2 atom stereocenters. The van der Waals surface area contributed by atoms with Crippen LogP contribution in [-0.2, 0) is 0 Å². The average molecular weight is 332 g/mol. The maximum Gasteiger partial charge on any atom is 0.202 e. The number of rotatable bonds is 3. The second-order valence-corrected chi connectivity index (χ2v) is 5.33. The summed E-state index contributed by atoms with van der Waals surface area (Å²) in [4.78, 5) is 12.4. The normalized spacial score (nSPS) is 19.4. The van der Waals surface area contributed by atoms with E-state index < -0.39 is 23.7 Å². The quantitative estimate of drug-likeness (QED) is 0.787. The lowest BCUT2D eigenvalue weighted by atomic mass is 9.92. The van der Waals surface area contributed by atoms with Gasteiger partial charge < -0.3 is 29.5 Å². The van der Waals surface area contributed by atoms with Gasteiger partial charge >= 0.3 is 0 Å². The number of aromatic hydroxyl groups is 2. The Kier molecular flexibility index (Phi) is 3.94. The van der Waals surface area contributed by atoms with Gasteiger partial charge in [-0.25, -0.2) is 0 Å². The molecule has 2 aromatic carbocycles. The molecule has 0 spiro atoms. The predicted octanol–water partition coefficient (Wildman–Crippen LogP) is 1.79. The van der Waals surface area contributed by atoms with Gasteiger partial charge in [0.2, 0.25) is 5.78 Å². The van der Waals surface area contributed by atoms with Gasteiger partial charge in [0.1, 0.15) is 34.3 Å². The number of carbonyl (C=O) groups excluding carboxylic acids is 1. The molecule has 0 fully saturated rings. The molecule has 126 valence electrons. The lowest BCUT2D eigenvalue weighted by Gasteiger charge is -2.30. The van der Waals surface area contributed by atoms with Crippen molar-refractivity contribution < 1.29 is 34.3 Å². The number of ether oxygens (including phenoxy) is 3. The Morgan fingerprint density at radius 2 is 1.62 bits per heavy atom. The van der Waals surface area contributed by atoms with Gasteiger partial charge in [-0.1, -0.05) is 0 Å². The fourth-order valence-electron chi connectivity index (χ4n) is 2.66. The summed E-state index contributed by atoms with van der Waals surface area (Å²) < 4.78 is 16.0. The zero-order valence-electron chi connectivity index (χ0n) is 13.0. The zero-order valence-corrected chi connectivity index (χ0v) is 13.0. The van der Waals surface area contributed by atoms with Crippen molar-refractivity contribution in [2.45, 2.75) is 12.2 Å². The average Bonchev–Trinajstić information content (AvgIpc) is 2.56. The van der Waals surface area contributed by atoms with Crippen LogP contribution in [0.5, 0.6) is 28.7 Å². The highest BCUT2D eigenvalue weighted by Crippen LogP contribution is 2.42. The number of phenols is 2. The SMILES string of the molecule is COc1cc(OC)cc([C@H]2Oc3cc(O)cc(O)c3C(=O)[C@@H]2O)c1. The monoisotopic (exact) mass is 332 g/mol. The summed E-state index contributed by atoms with van der Waals surface area (Å²) in [6.45, 7) is 0. The fraction of sp³-hybridized carbons (Fsp3) is 0.235. The standard InChI is InChI=1S/C17H16O7/c1-22-10-3-8(4-11(7-10)23-2)17-16(21)15(20)14-12(19)5-9(18)6-13(14)24-17/h3-7,16-19,21H,1-2H3/t16-,17+/m0/s1. The van der Waals surface area contributed by atoms with Crippen molar-refractivity contribution in [2.24, 2.45) is 0 Å². The molecule has 0 aliphatic carbocycles. The number of hydrogen-bond donors (Lipinski definition) is 3. The van der Waals surface area contributed by atoms with Crippen LogP contribution < -0.4 is 14.2 Å². The van der Waals surface area contributed by atoms with Crippen molar-refractivity contribution in [1.82, 2.24) is 0 Å². The number of fused-ring (bicyclic) bond motifs is 1. The Morgan fingerprint density at radius 1 is 1.00 bits per heavy atom. The van der Waals surface area contributed by atoms with Crippen LogP contribution in [0.4, 0.5) is 0 Å². The minimum absolute atomic E-state index is 0.00501. The first-order valence-corrected chi connectivity index (χ1v) is 7.12. The van der Waals surface area contributed by atoms with Crippen LogP contribution >= 0.6 is 0 Å². The van der Waals surface area contributed by atoms with E-state index in [9.17, 15) is 20.1 Å². The molecule has 1 aliphatic rings. The number of aliphatic hydroxyl groups excluding tert-OH is 1. The smallest absolute Gasteiger partial charge is 0.202 e. The van der Waals surface area contributed by atoms with Crippen molar-refractivity contribution in [3.05, 3.63) is 41.5 Å². The summed E-state index contributed by atoms with van der Waals surface area (Å²) in [5.41, 5.74) is 0.298. The first-order chi connectivity index (χ1) is 11.4. The Bertz CT molecular complexity index is 778. The van der Waals surface area contributed by atoms with Crippen molar-refractivity contribution in [3.63, 3.8) is 0 Å². The van der Waals surface area contributed by atoms with E-state index in [0.29, 0.717) is 17.1 Å². The maximum absolute atomic E-state index is 12.4. The minimum Gasteiger partial charge on any atom is -0.508 e. The molecule has 0 amide bonds. The number of carbonyl (C=O) groups is 1. The molecular formula is C17H16O7. The van der Waals surface area contributed by atoms with Gasteiger partial charge in [-0.3, -0.25) is 4.79 Å². The molecule has 3 rings (SSSR count). The molecule has 7 heteroatoms. The van der Waals surface area contributed by atoms with E-state index in [1.165, 1.54) is 20.3 Å². The third-order valence-corrected chi connectivity index (χ3v) is 3.82. The van der Waals surface area contributed by atoms with Crippen molar-refractivity contribution in [2.75, 3.05) is 14.2 Å². The number of Topliss-reactive ketones (excluding diaryl/α,β-unsaturated/α-hetero) is 1. The molecule has 0 saturated heterocycles. The first kappa shape index (κ1) is 15.9. The lowest BCUT2D eigenvalue weighted by Crippen LogP contribution is -2.36. The van der Waals surface area contributed by atoms with Crippen LogP contribution in [0.3, 0.4) is 0 Å². The molecule has 2 aromatic rings. The molecule has 24 heavy (non-hydrogen) atoms. The van der Waals surface area contributed by atoms with Gasteiger partial charge in [-0.05, 0) is 12.1 Å². The van der Waals surface area contributed by atoms with E-state index in [4.69, 9.17) is 14.2 Å². The third-order valence-electron chi connectivity index (χ3n) is 3.82. The summed E-state index contributed by atoms with van der Waals surface area (Å²) in [7, 11) is 2.96. The van der Waals surface area contributed by atoms with Gasteiger partial charge in [0.05, 0.1) is 14.2 Å². The number of aliphatic hydroxyl groups is 1. The van der Waals surface area contributed by atoms with Gasteiger partial charge in [0.25, 0.3) is 0 Å². The van der Waals surface area contributed by atoms with Crippen molar-refractivity contribution >= 4 is 5.78 Å². The second-order valence-electron chi connectivity index (χ2n) is 5.33. The van der Waals surface area contributed by atoms with E-state index in [1.54, 1.807) is 18.2 Å². The van der Waals surface area contributed by atoms with Gasteiger partial charge in [0.15, 0.2) is 12.2 Å². The highest BCUT2D eigenvalue weighted by atomic mass is 16.5. The molecule has 1 heterocycles. The van der Waals surface area contributed by atoms with Crippen molar-refractivity contribution in [1.29, 1.82) is 0 Å². The van der Waals surface area contributed by atoms with Crippen LogP contribution in [0, 0.1) is 0 Å². The van der Waals surface area contributed by atoms with E-state index >= 15 is 0 Å². The summed E-state index contributed by atoms with van der Waals surface area (Å²) in [5, 5.41) is 29.8. The molecule has 0 bridgehead atoms. The van der Waals surface area contributed by atoms with Crippen LogP contribution in [-0.4, -0.2) is 41.4 Å². The number of ketones is 1. The minimum atomic E-state index is -1.52. The predicted molar refractivity (Wildman–Crippen MR) is 83.0 cm³/mol. The Balaban J connectivity index is 2.08. The molecule has 3 N–H and O–H groups in total. The molecule has 7 nitrogen and oxygen atoms in total. The second kappa shape index (κ2) is 5.93. The highest BCUT2D eigenvalue weighted by molar-refractivity contribution is 6.05. The Labute approximate surface area is 137 Å². The van der Waals surface area contributed by atoms with Crippen LogP contribution in [0.25, 0.3) is 0 Å². The van der Waals surface area contributed by atoms with Crippen molar-refractivity contribution in [3.8, 4) is 28.7 Å². The highest BCUT2D eigenvalue weighted by Gasteiger charge is 2.39. The summed E-state index contributed by atoms with van der Waals surface area (Å²) in [6, 6.07) is 7.09. The topological polar surface area (TPSA) is 105 Å². The van der Waals surface area contributed by atoms with E-state index in [1.807, 2.05) is 0 Å². The largest absolute Gasteiger partial charge is 0.508 e. The van der Waals surface area contributed by atoms with Gasteiger partial charge in [-0.2, -0.15) is 0 Å². The summed E-state index contributed by atoms with van der Waals surface area (Å²) >= 11 is 0. The lowest BCUT2D eigenvalue weighted by molar-refractivity contribution is 0.0209. The zero-order chi connectivity index (χ0) is 17.4. The Morgan fingerprint density at radius 3 is 2.21 bits per heavy atom. The van der Waals surface area contributed by atoms with E-state index in [0.717, 1.165) is 6.07 Å². The van der Waals surface area contributed by atoms with E-state index in [-0.39, 0.29) is 17.1 Å². The molecular weight excluding hydrogens is 316 g/mol. The fourth-order valence-corrected chi connectivity index (χ4v) is 2.66. The molecule has 1 aliphatic heterocycles. The molecule has 0 radical (unpaired) electrons. The number of hydrogen-bond acceptors (Lipinski definition) is 7. The number of methoxy groups -OCH3 is 2. The van der Waals surface area contributed by atoms with Crippen LogP contribution in [0.15, 0.2) is 30.3 Å². The Hall–Kier alpha value is -2.93. The number of benzene rings is 2. The van der Waals surface area contributed by atoms with Crippen LogP contribution in [0.1, 0.15) is 22.0 Å². The first-order valence-electron chi connectivity index (χ1n) is 7.12. The maximum atomic E-state index is 12.4. The summed E-state index contributed by atoms with van der Waals surface area (Å²) in [5.74, 6) is -0.461. The van der Waals surface area contributed by atoms with Crippen LogP contribution in [0.2, 0.25) is 0 Å². The molecule has 0 unspecified atom stereocenters. The molecule has 0 aromatic heterocycles. The number of phenolic OH excluding ortho intramolecular Hbond substituents is 2. The van der Waals surface area contributed by atoms with E-state index in [2.05, 4.69) is 0 Å². The summed E-state index contributed by atoms with van der Waals surface area (Å²) in [6.07, 6.45) is -2.56. The third kappa shape index (κ3) is 2.59. The van der Waals surface area contributed by atoms with Gasteiger partial charge in [-0.15, -0.1) is 0 Å². The van der Waals surface area contributed by atoms with Gasteiger partial charge in [0, 0.05) is 23.8 Å². The molecule has 0 saturated carbocycles.